The Morgan fingerprint density at radius 2 is 1.95 bits per heavy atom. The molecule has 2 heterocycles. The monoisotopic (exact) mass is 276 g/mol. The highest BCUT2D eigenvalue weighted by molar-refractivity contribution is 5.99. The van der Waals surface area contributed by atoms with Crippen molar-refractivity contribution in [2.24, 2.45) is 0 Å². The van der Waals surface area contributed by atoms with Crippen molar-refractivity contribution in [2.45, 2.75) is 6.92 Å². The van der Waals surface area contributed by atoms with Crippen molar-refractivity contribution in [2.75, 3.05) is 0 Å². The number of aryl methyl sites for hydroxylation is 1. The first-order valence-corrected chi connectivity index (χ1v) is 6.62. The second kappa shape index (κ2) is 4.28. The van der Waals surface area contributed by atoms with Gasteiger partial charge in [-0.3, -0.25) is 0 Å². The van der Waals surface area contributed by atoms with Crippen molar-refractivity contribution in [3.05, 3.63) is 54.5 Å². The number of fused-ring (bicyclic) bond motifs is 2. The molecule has 0 aliphatic heterocycles. The van der Waals surface area contributed by atoms with Crippen molar-refractivity contribution < 1.29 is 5.11 Å². The Kier molecular flexibility index (Phi) is 2.41. The molecule has 0 fully saturated rings. The molecule has 5 nitrogen and oxygen atoms in total. The molecule has 0 aliphatic carbocycles. The summed E-state index contributed by atoms with van der Waals surface area (Å²) >= 11 is 0. The third-order valence-electron chi connectivity index (χ3n) is 3.54. The number of phenols is 1. The fourth-order valence-electron chi connectivity index (χ4n) is 2.64. The molecule has 102 valence electrons. The zero-order valence-electron chi connectivity index (χ0n) is 11.4. The topological polar surface area (TPSA) is 63.3 Å². The molecular weight excluding hydrogens is 264 g/mol. The number of aromatic hydroxyl groups is 1. The van der Waals surface area contributed by atoms with E-state index in [1.807, 2.05) is 43.3 Å². The van der Waals surface area contributed by atoms with Crippen molar-refractivity contribution in [3.63, 3.8) is 0 Å². The quantitative estimate of drug-likeness (QED) is 0.580. The maximum atomic E-state index is 10.4. The van der Waals surface area contributed by atoms with Gasteiger partial charge in [-0.25, -0.2) is 4.98 Å². The van der Waals surface area contributed by atoms with Crippen LogP contribution in [-0.2, 0) is 0 Å². The fourth-order valence-corrected chi connectivity index (χ4v) is 2.64. The van der Waals surface area contributed by atoms with E-state index in [1.165, 1.54) is 6.33 Å². The maximum absolute atomic E-state index is 10.4. The number of hydrogen-bond acceptors (Lipinski definition) is 4. The van der Waals surface area contributed by atoms with Crippen LogP contribution in [0.2, 0.25) is 0 Å². The van der Waals surface area contributed by atoms with Gasteiger partial charge < -0.3 is 5.11 Å². The second-order valence-corrected chi connectivity index (χ2v) is 4.94. The summed E-state index contributed by atoms with van der Waals surface area (Å²) in [5.74, 6) is 0.744. The van der Waals surface area contributed by atoms with Gasteiger partial charge >= 0.3 is 0 Å². The third kappa shape index (κ3) is 1.74. The van der Waals surface area contributed by atoms with E-state index in [-0.39, 0.29) is 5.75 Å². The van der Waals surface area contributed by atoms with Gasteiger partial charge in [0.25, 0.3) is 5.78 Å². The van der Waals surface area contributed by atoms with E-state index >= 15 is 0 Å². The number of phenolic OH excluding ortho intramolecular Hbond substituents is 1. The molecule has 0 amide bonds. The van der Waals surface area contributed by atoms with Crippen LogP contribution in [0.25, 0.3) is 27.8 Å². The van der Waals surface area contributed by atoms with Gasteiger partial charge in [-0.1, -0.05) is 30.3 Å². The number of nitrogens with zero attached hydrogens (tertiary/aromatic N) is 4. The molecule has 0 radical (unpaired) electrons. The van der Waals surface area contributed by atoms with Crippen LogP contribution in [0.3, 0.4) is 0 Å². The lowest BCUT2D eigenvalue weighted by molar-refractivity contribution is 0.477. The lowest BCUT2D eigenvalue weighted by atomic mass is 10.0. The molecular formula is C16H12N4O. The van der Waals surface area contributed by atoms with E-state index in [1.54, 1.807) is 10.6 Å². The molecule has 0 aliphatic rings. The molecule has 21 heavy (non-hydrogen) atoms. The van der Waals surface area contributed by atoms with Crippen LogP contribution in [0.15, 0.2) is 48.8 Å². The van der Waals surface area contributed by atoms with E-state index in [9.17, 15) is 5.11 Å². The summed E-state index contributed by atoms with van der Waals surface area (Å²) in [5.41, 5.74) is 2.36. The molecule has 0 spiro atoms. The molecule has 1 N–H and O–H groups in total. The second-order valence-electron chi connectivity index (χ2n) is 4.94. The lowest BCUT2D eigenvalue weighted by Crippen LogP contribution is -1.99. The van der Waals surface area contributed by atoms with Gasteiger partial charge in [0.1, 0.15) is 12.1 Å². The fraction of sp³-hybridized carbons (Fsp3) is 0.0625. The molecule has 0 unspecified atom stereocenters. The van der Waals surface area contributed by atoms with E-state index in [2.05, 4.69) is 15.1 Å². The summed E-state index contributed by atoms with van der Waals surface area (Å²) in [6.07, 6.45) is 1.47. The minimum absolute atomic E-state index is 0.219. The van der Waals surface area contributed by atoms with Crippen molar-refractivity contribution in [1.29, 1.82) is 0 Å². The van der Waals surface area contributed by atoms with Gasteiger partial charge in [0.15, 0.2) is 0 Å². The third-order valence-corrected chi connectivity index (χ3v) is 3.54. The number of benzene rings is 2. The molecule has 2 aromatic heterocycles. The SMILES string of the molecule is Cc1cc(-c2c(O)ccc3ccccc23)n2ncnc2n1. The van der Waals surface area contributed by atoms with E-state index in [4.69, 9.17) is 0 Å². The standard InChI is InChI=1S/C16H12N4O/c1-10-8-13(20-16(19-10)17-9-18-20)15-12-5-3-2-4-11(12)6-7-14(15)21/h2-9,21H,1H3. The average molecular weight is 276 g/mol. The van der Waals surface area contributed by atoms with Crippen LogP contribution < -0.4 is 0 Å². The lowest BCUT2D eigenvalue weighted by Gasteiger charge is -2.11. The van der Waals surface area contributed by atoms with Crippen molar-refractivity contribution >= 4 is 16.6 Å². The summed E-state index contributed by atoms with van der Waals surface area (Å²) < 4.78 is 1.65. The molecule has 2 aromatic carbocycles. The van der Waals surface area contributed by atoms with Gasteiger partial charge in [0, 0.05) is 5.69 Å². The first-order valence-electron chi connectivity index (χ1n) is 6.62. The van der Waals surface area contributed by atoms with Gasteiger partial charge in [0.05, 0.1) is 11.3 Å². The smallest absolute Gasteiger partial charge is 0.252 e. The predicted octanol–water partition coefficient (Wildman–Crippen LogP) is 2.96. The molecule has 0 bridgehead atoms. The Bertz CT molecular complexity index is 975. The van der Waals surface area contributed by atoms with Crippen LogP contribution in [-0.4, -0.2) is 24.7 Å². The van der Waals surface area contributed by atoms with Crippen LogP contribution in [0.4, 0.5) is 0 Å². The van der Waals surface area contributed by atoms with Crippen LogP contribution in [0, 0.1) is 6.92 Å². The Morgan fingerprint density at radius 3 is 2.86 bits per heavy atom. The number of rotatable bonds is 1. The molecule has 0 saturated carbocycles. The van der Waals surface area contributed by atoms with Crippen LogP contribution >= 0.6 is 0 Å². The van der Waals surface area contributed by atoms with E-state index in [0.29, 0.717) is 5.78 Å². The van der Waals surface area contributed by atoms with E-state index < -0.39 is 0 Å². The highest BCUT2D eigenvalue weighted by atomic mass is 16.3. The Morgan fingerprint density at radius 1 is 1.10 bits per heavy atom. The maximum Gasteiger partial charge on any atom is 0.252 e. The number of aromatic nitrogens is 4. The molecule has 0 atom stereocenters. The summed E-state index contributed by atoms with van der Waals surface area (Å²) in [6, 6.07) is 13.5. The Balaban J connectivity index is 2.18. The van der Waals surface area contributed by atoms with Crippen LogP contribution in [0.1, 0.15) is 5.69 Å². The number of hydrogen-bond donors (Lipinski definition) is 1. The van der Waals surface area contributed by atoms with Gasteiger partial charge in [-0.05, 0) is 29.8 Å². The largest absolute Gasteiger partial charge is 0.507 e. The van der Waals surface area contributed by atoms with Crippen LogP contribution in [0.5, 0.6) is 5.75 Å². The van der Waals surface area contributed by atoms with Gasteiger partial charge in [0.2, 0.25) is 0 Å². The highest BCUT2D eigenvalue weighted by Gasteiger charge is 2.14. The zero-order valence-corrected chi connectivity index (χ0v) is 11.4. The summed E-state index contributed by atoms with van der Waals surface area (Å²) in [7, 11) is 0. The zero-order chi connectivity index (χ0) is 14.4. The van der Waals surface area contributed by atoms with Gasteiger partial charge in [-0.2, -0.15) is 14.6 Å². The van der Waals surface area contributed by atoms with E-state index in [0.717, 1.165) is 27.7 Å². The first kappa shape index (κ1) is 11.8. The van der Waals surface area contributed by atoms with Crippen molar-refractivity contribution in [3.8, 4) is 17.0 Å². The minimum Gasteiger partial charge on any atom is -0.507 e. The normalized spacial score (nSPS) is 11.3. The predicted molar refractivity (Wildman–Crippen MR) is 80.1 cm³/mol. The molecule has 0 saturated heterocycles. The highest BCUT2D eigenvalue weighted by Crippen LogP contribution is 2.36. The average Bonchev–Trinajstić information content (AvgIpc) is 2.94. The summed E-state index contributed by atoms with van der Waals surface area (Å²) in [4.78, 5) is 8.47. The summed E-state index contributed by atoms with van der Waals surface area (Å²) in [5, 5.41) is 16.6. The van der Waals surface area contributed by atoms with Gasteiger partial charge in [-0.15, -0.1) is 0 Å². The van der Waals surface area contributed by atoms with Crippen molar-refractivity contribution in [1.82, 2.24) is 19.6 Å². The minimum atomic E-state index is 0.219. The molecule has 4 aromatic rings. The first-order chi connectivity index (χ1) is 10.2. The molecule has 5 heteroatoms. The molecule has 4 rings (SSSR count). The summed E-state index contributed by atoms with van der Waals surface area (Å²) in [6.45, 7) is 1.90. The Hall–Kier alpha value is -2.95. The Labute approximate surface area is 120 Å².